The molecule has 0 atom stereocenters. The van der Waals surface area contributed by atoms with E-state index in [4.69, 9.17) is 4.42 Å². The summed E-state index contributed by atoms with van der Waals surface area (Å²) in [6.07, 6.45) is 0. The maximum Gasteiger partial charge on any atom is 0.143 e. The maximum atomic E-state index is 6.67. The molecule has 0 N–H and O–H groups in total. The van der Waals surface area contributed by atoms with Gasteiger partial charge in [-0.2, -0.15) is 0 Å². The average molecular weight is 714 g/mol. The summed E-state index contributed by atoms with van der Waals surface area (Å²) in [5, 5.41) is 9.57. The summed E-state index contributed by atoms with van der Waals surface area (Å²) in [5.74, 6) is 0. The number of anilines is 3. The normalized spacial score (nSPS) is 11.6. The first kappa shape index (κ1) is 32.0. The Morgan fingerprint density at radius 1 is 0.321 bits per heavy atom. The molecule has 56 heavy (non-hydrogen) atoms. The molecule has 11 aromatic rings. The van der Waals surface area contributed by atoms with E-state index in [0.29, 0.717) is 0 Å². The maximum absolute atomic E-state index is 6.67. The lowest BCUT2D eigenvalue weighted by atomic mass is 9.93. The number of hydrogen-bond donors (Lipinski definition) is 0. The number of nitrogens with zero attached hydrogens (tertiary/aromatic N) is 1. The summed E-state index contributed by atoms with van der Waals surface area (Å²) in [7, 11) is 0. The van der Waals surface area contributed by atoms with Gasteiger partial charge in [0.05, 0.1) is 11.4 Å². The number of hydrogen-bond acceptors (Lipinski definition) is 2. The molecule has 0 aliphatic carbocycles. The Hall–Kier alpha value is -7.42. The van der Waals surface area contributed by atoms with Gasteiger partial charge in [0, 0.05) is 33.0 Å². The average Bonchev–Trinajstić information content (AvgIpc) is 3.67. The van der Waals surface area contributed by atoms with Crippen LogP contribution in [0.15, 0.2) is 217 Å². The van der Waals surface area contributed by atoms with Gasteiger partial charge in [-0.05, 0) is 91.6 Å². The first-order valence-corrected chi connectivity index (χ1v) is 19.2. The molecule has 10 aromatic carbocycles. The summed E-state index contributed by atoms with van der Waals surface area (Å²) in [5.41, 5.74) is 12.1. The third-order valence-corrected chi connectivity index (χ3v) is 11.3. The third kappa shape index (κ3) is 5.19. The standard InChI is InChI=1S/C54H35NO/c1-2-15-36(16-3-1)42-20-10-12-26-50(42)55(40-32-29-38(30-33-40)49-35-39-18-5-6-19-41(39)44-22-8-9-23-45(44)49)51-27-13-11-24-46(51)47-25-14-28-52-53(47)48-34-31-37-17-4-7-21-43(37)54(48)56-52/h1-35H. The van der Waals surface area contributed by atoms with Crippen molar-refractivity contribution >= 4 is 71.3 Å². The Morgan fingerprint density at radius 3 is 1.71 bits per heavy atom. The molecule has 1 aromatic heterocycles. The quantitative estimate of drug-likeness (QED) is 0.160. The SMILES string of the molecule is c1ccc(-c2ccccc2N(c2ccc(-c3cc4ccccc4c4ccccc34)cc2)c2ccccc2-c2cccc3oc4c5ccccc5ccc4c23)cc1. The van der Waals surface area contributed by atoms with Crippen LogP contribution in [0.25, 0.3) is 87.6 Å². The van der Waals surface area contributed by atoms with Gasteiger partial charge >= 0.3 is 0 Å². The van der Waals surface area contributed by atoms with Crippen LogP contribution in [0.2, 0.25) is 0 Å². The minimum Gasteiger partial charge on any atom is -0.455 e. The molecule has 0 aliphatic heterocycles. The molecular formula is C54H35NO. The van der Waals surface area contributed by atoms with Gasteiger partial charge < -0.3 is 9.32 Å². The lowest BCUT2D eigenvalue weighted by Gasteiger charge is -2.30. The van der Waals surface area contributed by atoms with Crippen LogP contribution in [-0.4, -0.2) is 0 Å². The predicted molar refractivity (Wildman–Crippen MR) is 237 cm³/mol. The Bertz CT molecular complexity index is 3250. The van der Waals surface area contributed by atoms with Crippen molar-refractivity contribution in [2.24, 2.45) is 0 Å². The summed E-state index contributed by atoms with van der Waals surface area (Å²) in [6.45, 7) is 0. The minimum absolute atomic E-state index is 0.881. The van der Waals surface area contributed by atoms with Gasteiger partial charge in [0.25, 0.3) is 0 Å². The highest BCUT2D eigenvalue weighted by atomic mass is 16.3. The van der Waals surface area contributed by atoms with E-state index in [-0.39, 0.29) is 0 Å². The van der Waals surface area contributed by atoms with Crippen LogP contribution >= 0.6 is 0 Å². The van der Waals surface area contributed by atoms with Crippen molar-refractivity contribution in [3.05, 3.63) is 212 Å². The van der Waals surface area contributed by atoms with Gasteiger partial charge in [-0.3, -0.25) is 0 Å². The van der Waals surface area contributed by atoms with Gasteiger partial charge in [0.2, 0.25) is 0 Å². The molecule has 0 saturated carbocycles. The zero-order valence-corrected chi connectivity index (χ0v) is 30.6. The predicted octanol–water partition coefficient (Wildman–Crippen LogP) is 15.5. The van der Waals surface area contributed by atoms with Crippen molar-refractivity contribution in [1.29, 1.82) is 0 Å². The number of benzene rings is 10. The van der Waals surface area contributed by atoms with Crippen molar-refractivity contribution in [3.8, 4) is 33.4 Å². The van der Waals surface area contributed by atoms with E-state index in [1.54, 1.807) is 0 Å². The van der Waals surface area contributed by atoms with Crippen LogP contribution in [0.5, 0.6) is 0 Å². The number of fused-ring (bicyclic) bond motifs is 8. The molecule has 0 bridgehead atoms. The summed E-state index contributed by atoms with van der Waals surface area (Å²) >= 11 is 0. The number of rotatable bonds is 6. The molecule has 2 heteroatoms. The fourth-order valence-corrected chi connectivity index (χ4v) is 8.70. The second kappa shape index (κ2) is 13.2. The molecule has 0 radical (unpaired) electrons. The monoisotopic (exact) mass is 713 g/mol. The van der Waals surface area contributed by atoms with Crippen LogP contribution in [0.1, 0.15) is 0 Å². The van der Waals surface area contributed by atoms with Crippen molar-refractivity contribution < 1.29 is 4.42 Å². The Morgan fingerprint density at radius 2 is 0.911 bits per heavy atom. The molecule has 0 unspecified atom stereocenters. The molecule has 0 spiro atoms. The lowest BCUT2D eigenvalue weighted by Crippen LogP contribution is -2.12. The molecular weight excluding hydrogens is 679 g/mol. The summed E-state index contributed by atoms with van der Waals surface area (Å²) in [6, 6.07) is 76.4. The van der Waals surface area contributed by atoms with Crippen LogP contribution in [0.3, 0.4) is 0 Å². The van der Waals surface area contributed by atoms with Gasteiger partial charge in [-0.15, -0.1) is 0 Å². The van der Waals surface area contributed by atoms with E-state index in [0.717, 1.165) is 61.1 Å². The molecule has 262 valence electrons. The van der Waals surface area contributed by atoms with Crippen molar-refractivity contribution in [2.75, 3.05) is 4.90 Å². The molecule has 11 rings (SSSR count). The Kier molecular flexibility index (Phi) is 7.53. The van der Waals surface area contributed by atoms with Gasteiger partial charge in [0.15, 0.2) is 0 Å². The highest BCUT2D eigenvalue weighted by Crippen LogP contribution is 2.48. The zero-order chi connectivity index (χ0) is 37.0. The minimum atomic E-state index is 0.881. The number of para-hydroxylation sites is 2. The number of furan rings is 1. The summed E-state index contributed by atoms with van der Waals surface area (Å²) in [4.78, 5) is 2.43. The van der Waals surface area contributed by atoms with Crippen LogP contribution in [-0.2, 0) is 0 Å². The van der Waals surface area contributed by atoms with Gasteiger partial charge in [-0.25, -0.2) is 0 Å². The van der Waals surface area contributed by atoms with Crippen LogP contribution in [0.4, 0.5) is 17.1 Å². The Labute approximate surface area is 325 Å². The molecule has 1 heterocycles. The van der Waals surface area contributed by atoms with E-state index in [1.165, 1.54) is 43.6 Å². The highest BCUT2D eigenvalue weighted by molar-refractivity contribution is 6.20. The van der Waals surface area contributed by atoms with Crippen molar-refractivity contribution in [2.45, 2.75) is 0 Å². The second-order valence-corrected chi connectivity index (χ2v) is 14.4. The molecule has 0 aliphatic rings. The molecule has 0 saturated heterocycles. The van der Waals surface area contributed by atoms with E-state index < -0.39 is 0 Å². The fourth-order valence-electron chi connectivity index (χ4n) is 8.70. The van der Waals surface area contributed by atoms with Gasteiger partial charge in [-0.1, -0.05) is 170 Å². The van der Waals surface area contributed by atoms with Crippen LogP contribution < -0.4 is 4.90 Å². The third-order valence-electron chi connectivity index (χ3n) is 11.3. The first-order chi connectivity index (χ1) is 27.8. The van der Waals surface area contributed by atoms with Crippen molar-refractivity contribution in [1.82, 2.24) is 0 Å². The van der Waals surface area contributed by atoms with Gasteiger partial charge in [0.1, 0.15) is 11.2 Å². The second-order valence-electron chi connectivity index (χ2n) is 14.4. The molecule has 0 fully saturated rings. The smallest absolute Gasteiger partial charge is 0.143 e. The zero-order valence-electron chi connectivity index (χ0n) is 30.6. The lowest BCUT2D eigenvalue weighted by molar-refractivity contribution is 0.673. The van der Waals surface area contributed by atoms with E-state index in [2.05, 4.69) is 217 Å². The Balaban J connectivity index is 1.14. The van der Waals surface area contributed by atoms with E-state index in [1.807, 2.05) is 0 Å². The largest absolute Gasteiger partial charge is 0.455 e. The van der Waals surface area contributed by atoms with E-state index >= 15 is 0 Å². The molecule has 0 amide bonds. The van der Waals surface area contributed by atoms with Crippen molar-refractivity contribution in [3.63, 3.8) is 0 Å². The van der Waals surface area contributed by atoms with E-state index in [9.17, 15) is 0 Å². The first-order valence-electron chi connectivity index (χ1n) is 19.2. The molecule has 2 nitrogen and oxygen atoms in total. The summed E-state index contributed by atoms with van der Waals surface area (Å²) < 4.78 is 6.67. The fraction of sp³-hybridized carbons (Fsp3) is 0. The topological polar surface area (TPSA) is 16.4 Å². The highest BCUT2D eigenvalue weighted by Gasteiger charge is 2.23. The van der Waals surface area contributed by atoms with Crippen LogP contribution in [0, 0.1) is 0 Å².